The third-order valence-electron chi connectivity index (χ3n) is 5.49. The molecule has 0 spiro atoms. The molecule has 2 aliphatic heterocycles. The molecule has 2 aromatic carbocycles. The number of carbonyl (C=O) groups is 1. The summed E-state index contributed by atoms with van der Waals surface area (Å²) in [5.41, 5.74) is 4.33. The van der Waals surface area contributed by atoms with E-state index in [-0.39, 0.29) is 12.1 Å². The summed E-state index contributed by atoms with van der Waals surface area (Å²) in [5, 5.41) is 3.05. The van der Waals surface area contributed by atoms with Crippen LogP contribution in [0.5, 0.6) is 5.75 Å². The first-order chi connectivity index (χ1) is 12.6. The smallest absolute Gasteiger partial charge is 0.326 e. The maximum absolute atomic E-state index is 13.2. The van der Waals surface area contributed by atoms with Gasteiger partial charge in [-0.2, -0.15) is 0 Å². The predicted octanol–water partition coefficient (Wildman–Crippen LogP) is 3.84. The number of nitrogens with zero attached hydrogens (tertiary/aromatic N) is 2. The topological polar surface area (TPSA) is 44.8 Å². The molecule has 0 saturated carbocycles. The van der Waals surface area contributed by atoms with E-state index >= 15 is 0 Å². The summed E-state index contributed by atoms with van der Waals surface area (Å²) >= 11 is 0. The Morgan fingerprint density at radius 3 is 2.88 bits per heavy atom. The first-order valence-electron chi connectivity index (χ1n) is 9.10. The fourth-order valence-corrected chi connectivity index (χ4v) is 4.23. The molecule has 2 atom stereocenters. The van der Waals surface area contributed by atoms with E-state index in [4.69, 9.17) is 4.74 Å². The number of hydrogen-bond acceptors (Lipinski definition) is 3. The van der Waals surface area contributed by atoms with Crippen molar-refractivity contribution in [1.82, 2.24) is 4.90 Å². The first kappa shape index (κ1) is 16.9. The molecule has 1 fully saturated rings. The molecule has 2 aromatic rings. The van der Waals surface area contributed by atoms with E-state index in [2.05, 4.69) is 42.4 Å². The normalized spacial score (nSPS) is 21.9. The van der Waals surface area contributed by atoms with Crippen LogP contribution in [0.2, 0.25) is 0 Å². The number of amides is 2. The van der Waals surface area contributed by atoms with Gasteiger partial charge in [0.1, 0.15) is 5.75 Å². The van der Waals surface area contributed by atoms with Gasteiger partial charge in [-0.05, 0) is 50.7 Å². The number of fused-ring (bicyclic) bond motifs is 3. The number of likely N-dealkylation sites (tertiary alicyclic amines) is 1. The van der Waals surface area contributed by atoms with Crippen molar-refractivity contribution in [2.75, 3.05) is 37.5 Å². The van der Waals surface area contributed by atoms with Crippen LogP contribution in [0.3, 0.4) is 0 Å². The van der Waals surface area contributed by atoms with Crippen molar-refractivity contribution in [2.24, 2.45) is 0 Å². The molecule has 0 unspecified atom stereocenters. The van der Waals surface area contributed by atoms with E-state index in [1.54, 1.807) is 7.11 Å². The van der Waals surface area contributed by atoms with Crippen LogP contribution in [-0.4, -0.2) is 44.2 Å². The van der Waals surface area contributed by atoms with Crippen molar-refractivity contribution < 1.29 is 9.53 Å². The second-order valence-corrected chi connectivity index (χ2v) is 7.32. The van der Waals surface area contributed by atoms with Crippen LogP contribution in [0.15, 0.2) is 42.5 Å². The highest BCUT2D eigenvalue weighted by atomic mass is 16.5. The van der Waals surface area contributed by atoms with Crippen molar-refractivity contribution in [3.8, 4) is 5.75 Å². The summed E-state index contributed by atoms with van der Waals surface area (Å²) in [7, 11) is 3.79. The second-order valence-electron chi connectivity index (χ2n) is 7.32. The molecule has 1 saturated heterocycles. The number of benzene rings is 2. The number of aryl methyl sites for hydroxylation is 1. The summed E-state index contributed by atoms with van der Waals surface area (Å²) in [5.74, 6) is 1.11. The van der Waals surface area contributed by atoms with Crippen molar-refractivity contribution in [1.29, 1.82) is 0 Å². The van der Waals surface area contributed by atoms with Gasteiger partial charge in [-0.3, -0.25) is 4.90 Å². The number of rotatable bonds is 2. The van der Waals surface area contributed by atoms with E-state index < -0.39 is 0 Å². The van der Waals surface area contributed by atoms with Crippen molar-refractivity contribution in [3.63, 3.8) is 0 Å². The Labute approximate surface area is 154 Å². The molecule has 26 heavy (non-hydrogen) atoms. The highest BCUT2D eigenvalue weighted by Crippen LogP contribution is 2.45. The summed E-state index contributed by atoms with van der Waals surface area (Å²) in [6, 6.07) is 14.1. The fourth-order valence-electron chi connectivity index (χ4n) is 4.23. The lowest BCUT2D eigenvalue weighted by Crippen LogP contribution is -2.48. The lowest BCUT2D eigenvalue weighted by Gasteiger charge is -2.36. The zero-order valence-electron chi connectivity index (χ0n) is 15.5. The van der Waals surface area contributed by atoms with Crippen molar-refractivity contribution in [3.05, 3.63) is 53.6 Å². The van der Waals surface area contributed by atoms with Crippen LogP contribution in [-0.2, 0) is 0 Å². The van der Waals surface area contributed by atoms with E-state index in [0.29, 0.717) is 5.92 Å². The molecule has 5 nitrogen and oxygen atoms in total. The number of anilines is 2. The summed E-state index contributed by atoms with van der Waals surface area (Å²) < 4.78 is 5.26. The maximum atomic E-state index is 13.2. The minimum Gasteiger partial charge on any atom is -0.497 e. The Balaban J connectivity index is 1.65. The molecule has 2 aliphatic rings. The monoisotopic (exact) mass is 351 g/mol. The number of likely N-dealkylation sites (N-methyl/N-ethyl adjacent to an activating group) is 1. The minimum absolute atomic E-state index is 0.0691. The molecular weight excluding hydrogens is 326 g/mol. The zero-order chi connectivity index (χ0) is 18.3. The Morgan fingerprint density at radius 1 is 1.23 bits per heavy atom. The highest BCUT2D eigenvalue weighted by molar-refractivity contribution is 6.04. The second kappa shape index (κ2) is 6.65. The van der Waals surface area contributed by atoms with Gasteiger partial charge < -0.3 is 15.0 Å². The predicted molar refractivity (Wildman–Crippen MR) is 104 cm³/mol. The average molecular weight is 351 g/mol. The number of urea groups is 1. The molecule has 1 N–H and O–H groups in total. The Morgan fingerprint density at radius 2 is 2.08 bits per heavy atom. The first-order valence-corrected chi connectivity index (χ1v) is 9.10. The van der Waals surface area contributed by atoms with E-state index in [9.17, 15) is 4.79 Å². The van der Waals surface area contributed by atoms with Crippen molar-refractivity contribution >= 4 is 17.4 Å². The number of methoxy groups -OCH3 is 1. The highest BCUT2D eigenvalue weighted by Gasteiger charge is 2.43. The molecule has 4 rings (SSSR count). The molecule has 0 aromatic heterocycles. The van der Waals surface area contributed by atoms with Crippen molar-refractivity contribution in [2.45, 2.75) is 25.3 Å². The van der Waals surface area contributed by atoms with Gasteiger partial charge in [-0.15, -0.1) is 0 Å². The minimum atomic E-state index is -0.0691. The fraction of sp³-hybridized carbons (Fsp3) is 0.381. The molecule has 5 heteroatoms. The average Bonchev–Trinajstić information content (AvgIpc) is 2.95. The third kappa shape index (κ3) is 2.92. The maximum Gasteiger partial charge on any atom is 0.326 e. The number of carbonyl (C=O) groups excluding carboxylic acids is 1. The SMILES string of the molecule is COc1cccc(NC(=O)N2c3ccc(C)cc3[C@H]3CN(C)CC[C@@H]32)c1. The van der Waals surface area contributed by atoms with Gasteiger partial charge >= 0.3 is 6.03 Å². The van der Waals surface area contributed by atoms with Gasteiger partial charge in [-0.1, -0.05) is 23.8 Å². The lowest BCUT2D eigenvalue weighted by atomic mass is 9.89. The largest absolute Gasteiger partial charge is 0.497 e. The van der Waals surface area contributed by atoms with E-state index in [0.717, 1.165) is 36.6 Å². The number of nitrogens with one attached hydrogen (secondary N) is 1. The van der Waals surface area contributed by atoms with Gasteiger partial charge in [0.2, 0.25) is 0 Å². The standard InChI is InChI=1S/C21H25N3O2/c1-14-7-8-19-17(11-14)18-13-23(2)10-9-20(18)24(19)21(25)22-15-5-4-6-16(12-15)26-3/h4-8,11-12,18,20H,9-10,13H2,1-3H3,(H,22,25)/t18-,20+/m1/s1. The summed E-state index contributed by atoms with van der Waals surface area (Å²) in [4.78, 5) is 17.5. The van der Waals surface area contributed by atoms with Crippen LogP contribution in [0, 0.1) is 6.92 Å². The molecule has 2 amide bonds. The van der Waals surface area contributed by atoms with Crippen LogP contribution >= 0.6 is 0 Å². The van der Waals surface area contributed by atoms with Gasteiger partial charge in [0.05, 0.1) is 7.11 Å². The molecule has 0 radical (unpaired) electrons. The number of hydrogen-bond donors (Lipinski definition) is 1. The Kier molecular flexibility index (Phi) is 4.32. The van der Waals surface area contributed by atoms with Gasteiger partial charge in [0.15, 0.2) is 0 Å². The lowest BCUT2D eigenvalue weighted by molar-refractivity contribution is 0.224. The zero-order valence-corrected chi connectivity index (χ0v) is 15.5. The van der Waals surface area contributed by atoms with Gasteiger partial charge in [0, 0.05) is 35.9 Å². The van der Waals surface area contributed by atoms with Crippen LogP contribution in [0.4, 0.5) is 16.2 Å². The quantitative estimate of drug-likeness (QED) is 0.894. The summed E-state index contributed by atoms with van der Waals surface area (Å²) in [6.45, 7) is 4.11. The molecular formula is C21H25N3O2. The van der Waals surface area contributed by atoms with E-state index in [1.165, 1.54) is 11.1 Å². The molecule has 2 heterocycles. The number of ether oxygens (including phenoxy) is 1. The van der Waals surface area contributed by atoms with E-state index in [1.807, 2.05) is 29.2 Å². The third-order valence-corrected chi connectivity index (χ3v) is 5.49. The van der Waals surface area contributed by atoms with Gasteiger partial charge in [0.25, 0.3) is 0 Å². The van der Waals surface area contributed by atoms with Crippen LogP contribution in [0.25, 0.3) is 0 Å². The summed E-state index contributed by atoms with van der Waals surface area (Å²) in [6.07, 6.45) is 0.987. The van der Waals surface area contributed by atoms with Crippen LogP contribution < -0.4 is 15.0 Å². The van der Waals surface area contributed by atoms with Gasteiger partial charge in [-0.25, -0.2) is 4.79 Å². The molecule has 0 bridgehead atoms. The Hall–Kier alpha value is -2.53. The molecule has 136 valence electrons. The van der Waals surface area contributed by atoms with Crippen LogP contribution in [0.1, 0.15) is 23.5 Å². The Bertz CT molecular complexity index is 836. The number of piperidine rings is 1. The molecule has 0 aliphatic carbocycles.